The first-order chi connectivity index (χ1) is 12.1. The van der Waals surface area contributed by atoms with Gasteiger partial charge in [0.2, 0.25) is 0 Å². The first-order valence-corrected chi connectivity index (χ1v) is 11.4. The number of rotatable bonds is 10. The Labute approximate surface area is 165 Å². The summed E-state index contributed by atoms with van der Waals surface area (Å²) >= 11 is 3.24. The van der Waals surface area contributed by atoms with E-state index in [1.807, 2.05) is 64.5 Å². The van der Waals surface area contributed by atoms with E-state index in [2.05, 4.69) is 0 Å². The van der Waals surface area contributed by atoms with Crippen LogP contribution in [0.25, 0.3) is 0 Å². The molecule has 0 saturated heterocycles. The van der Waals surface area contributed by atoms with Gasteiger partial charge in [-0.3, -0.25) is 9.59 Å². The average molecular weight is 399 g/mol. The van der Waals surface area contributed by atoms with Gasteiger partial charge in [0.05, 0.1) is 12.8 Å². The second-order valence-electron chi connectivity index (χ2n) is 7.03. The topological polar surface area (TPSA) is 52.6 Å². The van der Waals surface area contributed by atoms with Crippen LogP contribution in [0.1, 0.15) is 51.7 Å². The molecule has 0 N–H and O–H groups in total. The van der Waals surface area contributed by atoms with Gasteiger partial charge in [-0.2, -0.15) is 23.5 Å². The van der Waals surface area contributed by atoms with Gasteiger partial charge in [-0.25, -0.2) is 0 Å². The van der Waals surface area contributed by atoms with Gasteiger partial charge in [0.25, 0.3) is 0 Å². The van der Waals surface area contributed by atoms with Crippen LogP contribution in [0.5, 0.6) is 0 Å². The van der Waals surface area contributed by atoms with Crippen molar-refractivity contribution in [2.24, 2.45) is 0 Å². The minimum absolute atomic E-state index is 0.198. The molecule has 0 heterocycles. The maximum atomic E-state index is 11.9. The molecule has 4 nitrogen and oxygen atoms in total. The van der Waals surface area contributed by atoms with Crippen LogP contribution in [0.2, 0.25) is 0 Å². The van der Waals surface area contributed by atoms with E-state index in [9.17, 15) is 9.59 Å². The molecule has 26 heavy (non-hydrogen) atoms. The largest absolute Gasteiger partial charge is 0.455 e. The van der Waals surface area contributed by atoms with Crippen molar-refractivity contribution in [2.45, 2.75) is 51.7 Å². The van der Waals surface area contributed by atoms with Gasteiger partial charge in [0.1, 0.15) is 11.2 Å². The van der Waals surface area contributed by atoms with Gasteiger partial charge in [-0.1, -0.05) is 24.3 Å². The summed E-state index contributed by atoms with van der Waals surface area (Å²) < 4.78 is 11.2. The van der Waals surface area contributed by atoms with Crippen LogP contribution in [-0.4, -0.2) is 36.0 Å². The number of benzene rings is 1. The summed E-state index contributed by atoms with van der Waals surface area (Å²) in [5.74, 6) is 1.11. The van der Waals surface area contributed by atoms with E-state index in [1.165, 1.54) is 0 Å². The zero-order chi connectivity index (χ0) is 19.8. The fourth-order valence-corrected chi connectivity index (χ4v) is 3.17. The quantitative estimate of drug-likeness (QED) is 0.530. The molecular weight excluding hydrogens is 368 g/mol. The van der Waals surface area contributed by atoms with Gasteiger partial charge in [-0.15, -0.1) is 0 Å². The van der Waals surface area contributed by atoms with Crippen molar-refractivity contribution in [2.75, 3.05) is 24.0 Å². The molecule has 0 amide bonds. The molecule has 0 aliphatic carbocycles. The minimum Gasteiger partial charge on any atom is -0.455 e. The zero-order valence-electron chi connectivity index (χ0n) is 16.6. The van der Waals surface area contributed by atoms with Crippen molar-refractivity contribution in [3.05, 3.63) is 35.4 Å². The third-order valence-electron chi connectivity index (χ3n) is 4.03. The smallest absolute Gasteiger partial charge is 0.307 e. The van der Waals surface area contributed by atoms with E-state index in [-0.39, 0.29) is 11.9 Å². The van der Waals surface area contributed by atoms with Crippen LogP contribution < -0.4 is 0 Å². The van der Waals surface area contributed by atoms with E-state index in [4.69, 9.17) is 9.47 Å². The molecule has 1 rings (SSSR count). The molecule has 1 aromatic carbocycles. The Balaban J connectivity index is 2.79. The molecule has 6 heteroatoms. The second kappa shape index (κ2) is 10.3. The minimum atomic E-state index is -0.701. The number of hydrogen-bond acceptors (Lipinski definition) is 6. The average Bonchev–Trinajstić information content (AvgIpc) is 2.57. The molecule has 0 atom stereocenters. The Kier molecular flexibility index (Phi) is 9.04. The molecule has 1 aromatic rings. The van der Waals surface area contributed by atoms with E-state index in [0.29, 0.717) is 12.8 Å². The van der Waals surface area contributed by atoms with Gasteiger partial charge >= 0.3 is 11.9 Å². The van der Waals surface area contributed by atoms with Crippen LogP contribution in [0.4, 0.5) is 0 Å². The standard InChI is InChI=1S/C20H30O4S2/c1-19(2,23-17(21)11-13-25-5)15-7-9-16(10-8-15)20(3,4)24-18(22)12-14-26-6/h7-10H,11-14H2,1-6H3. The highest BCUT2D eigenvalue weighted by molar-refractivity contribution is 7.98. The highest BCUT2D eigenvalue weighted by Crippen LogP contribution is 2.30. The van der Waals surface area contributed by atoms with Crippen molar-refractivity contribution in [3.8, 4) is 0 Å². The third-order valence-corrected chi connectivity index (χ3v) is 5.26. The summed E-state index contributed by atoms with van der Waals surface area (Å²) in [5.41, 5.74) is 0.409. The summed E-state index contributed by atoms with van der Waals surface area (Å²) in [5, 5.41) is 0. The molecule has 146 valence electrons. The maximum Gasteiger partial charge on any atom is 0.307 e. The molecule has 0 fully saturated rings. The molecule has 0 aliphatic rings. The van der Waals surface area contributed by atoms with Crippen LogP contribution in [-0.2, 0) is 30.3 Å². The van der Waals surface area contributed by atoms with Crippen molar-refractivity contribution >= 4 is 35.5 Å². The lowest BCUT2D eigenvalue weighted by atomic mass is 9.92. The number of hydrogen-bond donors (Lipinski definition) is 0. The number of esters is 2. The fourth-order valence-electron chi connectivity index (χ4n) is 2.43. The van der Waals surface area contributed by atoms with Crippen LogP contribution in [0.3, 0.4) is 0 Å². The van der Waals surface area contributed by atoms with Gasteiger partial charge < -0.3 is 9.47 Å². The second-order valence-corrected chi connectivity index (χ2v) is 9.00. The number of ether oxygens (including phenoxy) is 2. The number of thioether (sulfide) groups is 2. The van der Waals surface area contributed by atoms with Gasteiger partial charge in [0.15, 0.2) is 0 Å². The predicted molar refractivity (Wildman–Crippen MR) is 111 cm³/mol. The van der Waals surface area contributed by atoms with Crippen LogP contribution in [0, 0.1) is 0 Å². The summed E-state index contributed by atoms with van der Waals surface area (Å²) in [6.45, 7) is 7.53. The summed E-state index contributed by atoms with van der Waals surface area (Å²) in [6, 6.07) is 7.70. The first-order valence-electron chi connectivity index (χ1n) is 8.65. The molecule has 0 saturated carbocycles. The lowest BCUT2D eigenvalue weighted by Gasteiger charge is -2.28. The van der Waals surface area contributed by atoms with E-state index < -0.39 is 11.2 Å². The summed E-state index contributed by atoms with van der Waals surface area (Å²) in [4.78, 5) is 23.9. The summed E-state index contributed by atoms with van der Waals surface area (Å²) in [6.07, 6.45) is 4.74. The summed E-state index contributed by atoms with van der Waals surface area (Å²) in [7, 11) is 0. The molecule has 0 unspecified atom stereocenters. The number of carbonyl (C=O) groups excluding carboxylic acids is 2. The Hall–Kier alpha value is -1.14. The monoisotopic (exact) mass is 398 g/mol. The SMILES string of the molecule is CSCCC(=O)OC(C)(C)c1ccc(C(C)(C)OC(=O)CCSC)cc1. The molecule has 0 aliphatic heterocycles. The predicted octanol–water partition coefficient (Wildman–Crippen LogP) is 4.75. The Bertz CT molecular complexity index is 541. The Morgan fingerprint density at radius 2 is 1.08 bits per heavy atom. The fraction of sp³-hybridized carbons (Fsp3) is 0.600. The Morgan fingerprint density at radius 3 is 1.35 bits per heavy atom. The highest BCUT2D eigenvalue weighted by Gasteiger charge is 2.28. The van der Waals surface area contributed by atoms with E-state index >= 15 is 0 Å². The van der Waals surface area contributed by atoms with Gasteiger partial charge in [0, 0.05) is 11.5 Å². The van der Waals surface area contributed by atoms with E-state index in [0.717, 1.165) is 22.6 Å². The highest BCUT2D eigenvalue weighted by atomic mass is 32.2. The van der Waals surface area contributed by atoms with Crippen molar-refractivity contribution in [3.63, 3.8) is 0 Å². The molecule has 0 bridgehead atoms. The number of carbonyl (C=O) groups is 2. The third kappa shape index (κ3) is 7.23. The van der Waals surface area contributed by atoms with Crippen molar-refractivity contribution in [1.82, 2.24) is 0 Å². The van der Waals surface area contributed by atoms with Crippen LogP contribution in [0.15, 0.2) is 24.3 Å². The van der Waals surface area contributed by atoms with Crippen molar-refractivity contribution < 1.29 is 19.1 Å². The lowest BCUT2D eigenvalue weighted by Crippen LogP contribution is -2.27. The zero-order valence-corrected chi connectivity index (χ0v) is 18.2. The lowest BCUT2D eigenvalue weighted by molar-refractivity contribution is -0.158. The van der Waals surface area contributed by atoms with Gasteiger partial charge in [-0.05, 0) is 51.3 Å². The van der Waals surface area contributed by atoms with Crippen LogP contribution >= 0.6 is 23.5 Å². The van der Waals surface area contributed by atoms with Crippen molar-refractivity contribution in [1.29, 1.82) is 0 Å². The Morgan fingerprint density at radius 1 is 0.769 bits per heavy atom. The first kappa shape index (κ1) is 22.9. The molecule has 0 radical (unpaired) electrons. The molecule has 0 spiro atoms. The van der Waals surface area contributed by atoms with E-state index in [1.54, 1.807) is 23.5 Å². The normalized spacial score (nSPS) is 11.9. The maximum absolute atomic E-state index is 11.9. The molecule has 0 aromatic heterocycles. The molecular formula is C20H30O4S2.